The van der Waals surface area contributed by atoms with Crippen LogP contribution in [-0.2, 0) is 18.7 Å². The summed E-state index contributed by atoms with van der Waals surface area (Å²) >= 11 is 4.11. The first-order chi connectivity index (χ1) is 9.42. The molecule has 2 aliphatic rings. The van der Waals surface area contributed by atoms with Crippen LogP contribution in [0.15, 0.2) is 6.07 Å². The Morgan fingerprint density at radius 1 is 1.21 bits per heavy atom. The van der Waals surface area contributed by atoms with Gasteiger partial charge in [0, 0.05) is 35.1 Å². The van der Waals surface area contributed by atoms with Crippen LogP contribution >= 0.6 is 23.1 Å². The number of nitrogens with zero attached hydrogens (tertiary/aromatic N) is 1. The maximum Gasteiger partial charge on any atom is 0.0300 e. The number of hydrogen-bond acceptors (Lipinski definition) is 4. The molecule has 2 nitrogen and oxygen atoms in total. The maximum atomic E-state index is 3.62. The molecule has 0 radical (unpaired) electrons. The molecule has 1 fully saturated rings. The fraction of sp³-hybridized carbons (Fsp3) is 0.733. The molecule has 3 heterocycles. The van der Waals surface area contributed by atoms with Gasteiger partial charge in [0.15, 0.2) is 0 Å². The van der Waals surface area contributed by atoms with Crippen LogP contribution in [-0.4, -0.2) is 36.8 Å². The van der Waals surface area contributed by atoms with Gasteiger partial charge in [-0.3, -0.25) is 0 Å². The van der Waals surface area contributed by atoms with Gasteiger partial charge in [0.1, 0.15) is 0 Å². The number of thioether (sulfide) groups is 1. The van der Waals surface area contributed by atoms with Crippen molar-refractivity contribution in [3.63, 3.8) is 0 Å². The van der Waals surface area contributed by atoms with Crippen molar-refractivity contribution in [1.82, 2.24) is 10.2 Å². The van der Waals surface area contributed by atoms with Crippen LogP contribution in [0.3, 0.4) is 0 Å². The van der Waals surface area contributed by atoms with Gasteiger partial charge in [-0.05, 0) is 49.7 Å². The highest BCUT2D eigenvalue weighted by Gasteiger charge is 2.13. The van der Waals surface area contributed by atoms with E-state index in [1.165, 1.54) is 61.7 Å². The molecule has 1 aromatic rings. The Morgan fingerprint density at radius 3 is 2.95 bits per heavy atom. The number of hydrogen-bond donors (Lipinski definition) is 1. The van der Waals surface area contributed by atoms with Crippen molar-refractivity contribution in [1.29, 1.82) is 0 Å². The van der Waals surface area contributed by atoms with Gasteiger partial charge in [0.2, 0.25) is 0 Å². The first-order valence-corrected chi connectivity index (χ1v) is 9.50. The molecule has 1 aromatic heterocycles. The lowest BCUT2D eigenvalue weighted by atomic mass is 10.1. The van der Waals surface area contributed by atoms with Crippen LogP contribution < -0.4 is 5.32 Å². The summed E-state index contributed by atoms with van der Waals surface area (Å²) in [5, 5.41) is 3.62. The second-order valence-electron chi connectivity index (χ2n) is 5.54. The van der Waals surface area contributed by atoms with Crippen molar-refractivity contribution >= 4 is 23.1 Å². The molecule has 2 aliphatic heterocycles. The van der Waals surface area contributed by atoms with Crippen molar-refractivity contribution in [2.45, 2.75) is 38.0 Å². The summed E-state index contributed by atoms with van der Waals surface area (Å²) in [5.74, 6) is 2.55. The van der Waals surface area contributed by atoms with Crippen molar-refractivity contribution in [3.05, 3.63) is 21.4 Å². The van der Waals surface area contributed by atoms with Gasteiger partial charge in [-0.2, -0.15) is 11.8 Å². The molecule has 0 amide bonds. The lowest BCUT2D eigenvalue weighted by molar-refractivity contribution is 0.229. The summed E-state index contributed by atoms with van der Waals surface area (Å²) in [5.41, 5.74) is 1.61. The third kappa shape index (κ3) is 3.97. The molecule has 19 heavy (non-hydrogen) atoms. The topological polar surface area (TPSA) is 15.3 Å². The van der Waals surface area contributed by atoms with Gasteiger partial charge in [0.25, 0.3) is 0 Å². The smallest absolute Gasteiger partial charge is 0.0300 e. The molecule has 0 bridgehead atoms. The molecule has 0 unspecified atom stereocenters. The van der Waals surface area contributed by atoms with Crippen LogP contribution in [0.2, 0.25) is 0 Å². The Bertz CT molecular complexity index is 373. The van der Waals surface area contributed by atoms with Crippen molar-refractivity contribution in [2.24, 2.45) is 0 Å². The van der Waals surface area contributed by atoms with Crippen molar-refractivity contribution in [3.8, 4) is 0 Å². The summed E-state index contributed by atoms with van der Waals surface area (Å²) in [6.45, 7) is 6.05. The fourth-order valence-electron chi connectivity index (χ4n) is 2.93. The van der Waals surface area contributed by atoms with E-state index in [0.29, 0.717) is 0 Å². The number of rotatable bonds is 5. The average molecular weight is 297 g/mol. The van der Waals surface area contributed by atoms with Crippen LogP contribution in [0.4, 0.5) is 0 Å². The number of aryl methyl sites for hydroxylation is 1. The highest BCUT2D eigenvalue weighted by molar-refractivity contribution is 7.98. The lowest BCUT2D eigenvalue weighted by Crippen LogP contribution is -2.35. The van der Waals surface area contributed by atoms with E-state index in [2.05, 4.69) is 28.0 Å². The van der Waals surface area contributed by atoms with Crippen molar-refractivity contribution in [2.75, 3.05) is 31.9 Å². The quantitative estimate of drug-likeness (QED) is 0.841. The van der Waals surface area contributed by atoms with Crippen LogP contribution in [0.25, 0.3) is 0 Å². The van der Waals surface area contributed by atoms with Gasteiger partial charge >= 0.3 is 0 Å². The van der Waals surface area contributed by atoms with Gasteiger partial charge in [0.05, 0.1) is 0 Å². The normalized spacial score (nSPS) is 20.4. The summed E-state index contributed by atoms with van der Waals surface area (Å²) in [7, 11) is 0. The molecule has 0 spiro atoms. The van der Waals surface area contributed by atoms with Crippen molar-refractivity contribution < 1.29 is 0 Å². The zero-order valence-electron chi connectivity index (χ0n) is 11.6. The molecule has 4 heteroatoms. The standard InChI is InChI=1S/C15H24N2S2/c1-2-6-17(7-3-1)8-5-16-11-14-10-13-12-18-9-4-15(13)19-14/h10,16H,1-9,11-12H2. The summed E-state index contributed by atoms with van der Waals surface area (Å²) in [6.07, 6.45) is 5.52. The molecular formula is C15H24N2S2. The minimum absolute atomic E-state index is 1.07. The Labute approximate surface area is 125 Å². The Kier molecular flexibility index (Phi) is 5.22. The Morgan fingerprint density at radius 2 is 2.11 bits per heavy atom. The Hall–Kier alpha value is -0.0300. The predicted molar refractivity (Wildman–Crippen MR) is 86.2 cm³/mol. The van der Waals surface area contributed by atoms with Crippen LogP contribution in [0, 0.1) is 0 Å². The highest BCUT2D eigenvalue weighted by atomic mass is 32.2. The SMILES string of the molecule is c1c(CNCCN2CCCCC2)sc2c1CSCC2. The number of likely N-dealkylation sites (tertiary alicyclic amines) is 1. The number of thiophene rings is 1. The molecule has 3 rings (SSSR count). The highest BCUT2D eigenvalue weighted by Crippen LogP contribution is 2.31. The van der Waals surface area contributed by atoms with E-state index in [9.17, 15) is 0 Å². The van der Waals surface area contributed by atoms with E-state index < -0.39 is 0 Å². The van der Waals surface area contributed by atoms with Gasteiger partial charge < -0.3 is 10.2 Å². The second kappa shape index (κ2) is 7.11. The lowest BCUT2D eigenvalue weighted by Gasteiger charge is -2.26. The number of nitrogens with one attached hydrogen (secondary N) is 1. The molecular weight excluding hydrogens is 272 g/mol. The van der Waals surface area contributed by atoms with E-state index in [1.807, 2.05) is 11.3 Å². The van der Waals surface area contributed by atoms with Crippen LogP contribution in [0.5, 0.6) is 0 Å². The first kappa shape index (κ1) is 13.9. The molecule has 0 atom stereocenters. The molecule has 106 valence electrons. The van der Waals surface area contributed by atoms with Crippen LogP contribution in [0.1, 0.15) is 34.6 Å². The molecule has 1 saturated heterocycles. The largest absolute Gasteiger partial charge is 0.311 e. The molecule has 0 aromatic carbocycles. The summed E-state index contributed by atoms with van der Waals surface area (Å²) in [6, 6.07) is 2.43. The third-order valence-corrected chi connectivity index (χ3v) is 6.28. The zero-order valence-corrected chi connectivity index (χ0v) is 13.3. The molecule has 0 aliphatic carbocycles. The van der Waals surface area contributed by atoms with E-state index >= 15 is 0 Å². The first-order valence-electron chi connectivity index (χ1n) is 7.53. The summed E-state index contributed by atoms with van der Waals surface area (Å²) in [4.78, 5) is 5.78. The van der Waals surface area contributed by atoms with Gasteiger partial charge in [-0.25, -0.2) is 0 Å². The minimum atomic E-state index is 1.07. The zero-order chi connectivity index (χ0) is 12.9. The Balaban J connectivity index is 1.38. The molecule has 0 saturated carbocycles. The average Bonchev–Trinajstić information content (AvgIpc) is 2.87. The van der Waals surface area contributed by atoms with Gasteiger partial charge in [-0.1, -0.05) is 6.42 Å². The fourth-order valence-corrected chi connectivity index (χ4v) is 5.28. The second-order valence-corrected chi connectivity index (χ2v) is 7.87. The molecule has 1 N–H and O–H groups in total. The van der Waals surface area contributed by atoms with E-state index in [4.69, 9.17) is 0 Å². The number of piperidine rings is 1. The number of fused-ring (bicyclic) bond motifs is 1. The monoisotopic (exact) mass is 296 g/mol. The third-order valence-electron chi connectivity index (χ3n) is 4.03. The van der Waals surface area contributed by atoms with E-state index in [1.54, 1.807) is 10.4 Å². The van der Waals surface area contributed by atoms with E-state index in [0.717, 1.165) is 13.1 Å². The minimum Gasteiger partial charge on any atom is -0.311 e. The maximum absolute atomic E-state index is 3.62. The van der Waals surface area contributed by atoms with E-state index in [-0.39, 0.29) is 0 Å². The summed E-state index contributed by atoms with van der Waals surface area (Å²) < 4.78 is 0. The van der Waals surface area contributed by atoms with Gasteiger partial charge in [-0.15, -0.1) is 11.3 Å². The predicted octanol–water partition coefficient (Wildman–Crippen LogP) is 3.11.